The highest BCUT2D eigenvalue weighted by Gasteiger charge is 2.04. The van der Waals surface area contributed by atoms with Crippen molar-refractivity contribution in [3.8, 4) is 6.07 Å². The third-order valence-electron chi connectivity index (χ3n) is 1.26. The van der Waals surface area contributed by atoms with Gasteiger partial charge in [0.2, 0.25) is 0 Å². The molecule has 11 heavy (non-hydrogen) atoms. The molecule has 0 radical (unpaired) electrons. The van der Waals surface area contributed by atoms with Crippen molar-refractivity contribution in [2.45, 2.75) is 6.92 Å². The number of nitrogens with zero attached hydrogens (tertiary/aromatic N) is 4. The van der Waals surface area contributed by atoms with Gasteiger partial charge in [0.15, 0.2) is 11.5 Å². The van der Waals surface area contributed by atoms with Gasteiger partial charge >= 0.3 is 0 Å². The number of aliphatic imine (C=N–C) groups is 1. The fourth-order valence-corrected chi connectivity index (χ4v) is 0.777. The second kappa shape index (κ2) is 2.97. The molecule has 0 aliphatic carbocycles. The molecule has 0 aliphatic rings. The van der Waals surface area contributed by atoms with Crippen molar-refractivity contribution in [1.29, 1.82) is 5.26 Å². The normalized spacial score (nSPS) is 10.3. The maximum absolute atomic E-state index is 8.56. The van der Waals surface area contributed by atoms with Crippen molar-refractivity contribution in [2.75, 3.05) is 0 Å². The lowest BCUT2D eigenvalue weighted by molar-refractivity contribution is 0.912. The first kappa shape index (κ1) is 7.48. The maximum atomic E-state index is 8.56. The summed E-state index contributed by atoms with van der Waals surface area (Å²) < 4.78 is 1.71. The summed E-state index contributed by atoms with van der Waals surface area (Å²) in [5.74, 6) is 0.606. The first-order valence-corrected chi connectivity index (χ1v) is 3.19. The van der Waals surface area contributed by atoms with Gasteiger partial charge in [-0.3, -0.25) is 0 Å². The van der Waals surface area contributed by atoms with Gasteiger partial charge in [-0.25, -0.2) is 9.98 Å². The van der Waals surface area contributed by atoms with Crippen molar-refractivity contribution in [2.24, 2.45) is 12.0 Å². The van der Waals surface area contributed by atoms with Crippen molar-refractivity contribution in [3.05, 3.63) is 12.0 Å². The highest BCUT2D eigenvalue weighted by atomic mass is 15.1. The molecular weight excluding hydrogens is 140 g/mol. The molecule has 0 unspecified atom stereocenters. The second-order valence-corrected chi connectivity index (χ2v) is 2.03. The number of hydrogen-bond donors (Lipinski definition) is 0. The van der Waals surface area contributed by atoms with Crippen molar-refractivity contribution < 1.29 is 0 Å². The van der Waals surface area contributed by atoms with E-state index in [1.165, 1.54) is 0 Å². The molecule has 0 saturated heterocycles. The molecule has 0 bridgehead atoms. The Morgan fingerprint density at radius 1 is 1.82 bits per heavy atom. The Bertz CT molecular complexity index is 316. The summed E-state index contributed by atoms with van der Waals surface area (Å²) in [6.45, 7) is 1.80. The van der Waals surface area contributed by atoms with E-state index in [-0.39, 0.29) is 0 Å². The van der Waals surface area contributed by atoms with Gasteiger partial charge in [-0.2, -0.15) is 5.26 Å². The molecule has 0 saturated carbocycles. The van der Waals surface area contributed by atoms with E-state index >= 15 is 0 Å². The molecular formula is C7H8N4. The number of rotatable bonds is 1. The number of imidazole rings is 1. The molecule has 1 heterocycles. The highest BCUT2D eigenvalue weighted by molar-refractivity contribution is 5.61. The van der Waals surface area contributed by atoms with Gasteiger partial charge in [-0.05, 0) is 6.92 Å². The topological polar surface area (TPSA) is 54.0 Å². The minimum Gasteiger partial charge on any atom is -0.318 e. The van der Waals surface area contributed by atoms with Crippen LogP contribution < -0.4 is 0 Å². The molecule has 0 spiro atoms. The predicted octanol–water partition coefficient (Wildman–Crippen LogP) is 1.01. The van der Waals surface area contributed by atoms with Crippen molar-refractivity contribution in [3.63, 3.8) is 0 Å². The first-order chi connectivity index (χ1) is 5.29. The van der Waals surface area contributed by atoms with E-state index in [0.717, 1.165) is 0 Å². The Balaban J connectivity index is 3.20. The lowest BCUT2D eigenvalue weighted by atomic mass is 10.5. The Hall–Kier alpha value is -1.63. The summed E-state index contributed by atoms with van der Waals surface area (Å²) >= 11 is 0. The van der Waals surface area contributed by atoms with E-state index in [0.29, 0.717) is 11.5 Å². The largest absolute Gasteiger partial charge is 0.318 e. The van der Waals surface area contributed by atoms with Crippen LogP contribution in [-0.2, 0) is 7.05 Å². The minimum atomic E-state index is 0.366. The van der Waals surface area contributed by atoms with Gasteiger partial charge in [-0.15, -0.1) is 0 Å². The van der Waals surface area contributed by atoms with Crippen LogP contribution in [0.5, 0.6) is 0 Å². The smallest absolute Gasteiger partial charge is 0.185 e. The van der Waals surface area contributed by atoms with Gasteiger partial charge in [0.1, 0.15) is 6.07 Å². The van der Waals surface area contributed by atoms with Crippen LogP contribution in [0.4, 0.5) is 5.82 Å². The van der Waals surface area contributed by atoms with Crippen molar-refractivity contribution >= 4 is 12.0 Å². The fourth-order valence-electron chi connectivity index (χ4n) is 0.777. The molecule has 0 aromatic carbocycles. The Labute approximate surface area is 64.8 Å². The zero-order chi connectivity index (χ0) is 8.27. The summed E-state index contributed by atoms with van der Waals surface area (Å²) in [4.78, 5) is 7.83. The Morgan fingerprint density at radius 2 is 2.55 bits per heavy atom. The van der Waals surface area contributed by atoms with Crippen LogP contribution in [0.1, 0.15) is 12.6 Å². The molecule has 0 fully saturated rings. The minimum absolute atomic E-state index is 0.366. The molecule has 4 nitrogen and oxygen atoms in total. The molecule has 4 heteroatoms. The number of aryl methyl sites for hydroxylation is 1. The third-order valence-corrected chi connectivity index (χ3v) is 1.26. The third kappa shape index (κ3) is 1.27. The van der Waals surface area contributed by atoms with E-state index in [4.69, 9.17) is 5.26 Å². The van der Waals surface area contributed by atoms with E-state index in [1.54, 1.807) is 31.1 Å². The summed E-state index contributed by atoms with van der Waals surface area (Å²) in [5, 5.41) is 8.56. The molecule has 0 atom stereocenters. The molecule has 56 valence electrons. The van der Waals surface area contributed by atoms with Gasteiger partial charge in [0.05, 0.1) is 6.33 Å². The van der Waals surface area contributed by atoms with Crippen LogP contribution in [0.15, 0.2) is 11.3 Å². The van der Waals surface area contributed by atoms with E-state index in [9.17, 15) is 0 Å². The lowest BCUT2D eigenvalue weighted by Gasteiger charge is -1.91. The predicted molar refractivity (Wildman–Crippen MR) is 41.7 cm³/mol. The van der Waals surface area contributed by atoms with Gasteiger partial charge in [-0.1, -0.05) is 0 Å². The average Bonchev–Trinajstić information content (AvgIpc) is 2.34. The molecule has 0 aliphatic heterocycles. The first-order valence-electron chi connectivity index (χ1n) is 3.19. The molecule has 1 aromatic heterocycles. The zero-order valence-corrected chi connectivity index (χ0v) is 6.44. The molecule has 1 aromatic rings. The number of hydrogen-bond acceptors (Lipinski definition) is 3. The van der Waals surface area contributed by atoms with Gasteiger partial charge < -0.3 is 4.57 Å². The van der Waals surface area contributed by atoms with Crippen LogP contribution in [0.2, 0.25) is 0 Å². The van der Waals surface area contributed by atoms with Gasteiger partial charge in [0.25, 0.3) is 0 Å². The molecule has 1 rings (SSSR count). The van der Waals surface area contributed by atoms with Gasteiger partial charge in [0, 0.05) is 13.3 Å². The quantitative estimate of drug-likeness (QED) is 0.558. The SMILES string of the molecule is CC=Nc1c(C#N)ncn1C. The van der Waals surface area contributed by atoms with E-state index < -0.39 is 0 Å². The summed E-state index contributed by atoms with van der Waals surface area (Å²) in [7, 11) is 1.80. The highest BCUT2D eigenvalue weighted by Crippen LogP contribution is 2.14. The van der Waals surface area contributed by atoms with E-state index in [1.807, 2.05) is 6.07 Å². The van der Waals surface area contributed by atoms with E-state index in [2.05, 4.69) is 9.98 Å². The van der Waals surface area contributed by atoms with Crippen LogP contribution in [-0.4, -0.2) is 15.8 Å². The van der Waals surface area contributed by atoms with Crippen molar-refractivity contribution in [1.82, 2.24) is 9.55 Å². The van der Waals surface area contributed by atoms with Crippen LogP contribution in [0.3, 0.4) is 0 Å². The maximum Gasteiger partial charge on any atom is 0.185 e. The number of nitriles is 1. The van der Waals surface area contributed by atoms with Crippen LogP contribution in [0.25, 0.3) is 0 Å². The average molecular weight is 148 g/mol. The van der Waals surface area contributed by atoms with Crippen LogP contribution >= 0.6 is 0 Å². The summed E-state index contributed by atoms with van der Waals surface area (Å²) in [6.07, 6.45) is 3.21. The Kier molecular flexibility index (Phi) is 2.02. The Morgan fingerprint density at radius 3 is 3.09 bits per heavy atom. The molecule has 0 N–H and O–H groups in total. The molecule has 0 amide bonds. The zero-order valence-electron chi connectivity index (χ0n) is 6.44. The monoisotopic (exact) mass is 148 g/mol. The fraction of sp³-hybridized carbons (Fsp3) is 0.286. The number of aromatic nitrogens is 2. The lowest BCUT2D eigenvalue weighted by Crippen LogP contribution is -1.83. The summed E-state index contributed by atoms with van der Waals surface area (Å²) in [5.41, 5.74) is 0.366. The summed E-state index contributed by atoms with van der Waals surface area (Å²) in [6, 6.07) is 1.96. The van der Waals surface area contributed by atoms with Crippen LogP contribution in [0, 0.1) is 11.3 Å². The second-order valence-electron chi connectivity index (χ2n) is 2.03. The standard InChI is InChI=1S/C7H8N4/c1-3-9-7-6(4-8)10-5-11(7)2/h3,5H,1-2H3.